The molecule has 1 saturated heterocycles. The third kappa shape index (κ3) is 3.32. The van der Waals surface area contributed by atoms with Crippen LogP contribution in [-0.4, -0.2) is 27.5 Å². The second-order valence-corrected chi connectivity index (χ2v) is 7.31. The highest BCUT2D eigenvalue weighted by Crippen LogP contribution is 2.34. The van der Waals surface area contributed by atoms with Gasteiger partial charge in [0, 0.05) is 35.6 Å². The van der Waals surface area contributed by atoms with Gasteiger partial charge in [-0.1, -0.05) is 35.0 Å². The Labute approximate surface area is 154 Å². The van der Waals surface area contributed by atoms with E-state index >= 15 is 0 Å². The predicted molar refractivity (Wildman–Crippen MR) is 95.9 cm³/mol. The summed E-state index contributed by atoms with van der Waals surface area (Å²) in [6, 6.07) is 9.34. The molecular weight excluding hydrogens is 358 g/mol. The molecule has 1 unspecified atom stereocenters. The summed E-state index contributed by atoms with van der Waals surface area (Å²) in [7, 11) is 0. The van der Waals surface area contributed by atoms with Crippen LogP contribution in [0.15, 0.2) is 46.4 Å². The van der Waals surface area contributed by atoms with Gasteiger partial charge in [-0.3, -0.25) is 4.79 Å². The first kappa shape index (κ1) is 16.3. The normalized spacial score (nSPS) is 17.2. The fourth-order valence-electron chi connectivity index (χ4n) is 3.14. The highest BCUT2D eigenvalue weighted by Gasteiger charge is 2.33. The third-order valence-corrected chi connectivity index (χ3v) is 5.59. The van der Waals surface area contributed by atoms with Crippen LogP contribution in [0.5, 0.6) is 0 Å². The van der Waals surface area contributed by atoms with Gasteiger partial charge in [0.15, 0.2) is 0 Å². The zero-order chi connectivity index (χ0) is 17.2. The number of likely N-dealkylation sites (tertiary alicyclic amines) is 1. The molecule has 1 aliphatic rings. The lowest BCUT2D eigenvalue weighted by Crippen LogP contribution is -2.30. The Morgan fingerprint density at radius 3 is 3.08 bits per heavy atom. The van der Waals surface area contributed by atoms with E-state index in [-0.39, 0.29) is 17.7 Å². The van der Waals surface area contributed by atoms with Crippen molar-refractivity contribution in [2.24, 2.45) is 0 Å². The summed E-state index contributed by atoms with van der Waals surface area (Å²) in [5, 5.41) is 7.63. The number of halogens is 1. The number of carbonyl (C=O) groups is 1. The maximum atomic E-state index is 12.8. The average Bonchev–Trinajstić information content (AvgIpc) is 3.37. The maximum Gasteiger partial charge on any atom is 0.293 e. The highest BCUT2D eigenvalue weighted by molar-refractivity contribution is 7.09. The number of aromatic nitrogens is 2. The van der Waals surface area contributed by atoms with Gasteiger partial charge in [-0.25, -0.2) is 4.98 Å². The molecule has 1 fully saturated rings. The van der Waals surface area contributed by atoms with Crippen molar-refractivity contribution in [3.8, 4) is 0 Å². The molecule has 1 amide bonds. The first-order chi connectivity index (χ1) is 12.2. The smallest absolute Gasteiger partial charge is 0.293 e. The molecule has 0 N–H and O–H groups in total. The van der Waals surface area contributed by atoms with Crippen LogP contribution in [-0.2, 0) is 6.42 Å². The second-order valence-electron chi connectivity index (χ2n) is 5.98. The minimum Gasteiger partial charge on any atom is -0.351 e. The second kappa shape index (κ2) is 6.98. The lowest BCUT2D eigenvalue weighted by molar-refractivity contribution is 0.0693. The lowest BCUT2D eigenvalue weighted by atomic mass is 10.1. The van der Waals surface area contributed by atoms with Crippen molar-refractivity contribution in [3.63, 3.8) is 0 Å². The van der Waals surface area contributed by atoms with Gasteiger partial charge >= 0.3 is 0 Å². The van der Waals surface area contributed by atoms with Crippen LogP contribution in [0.1, 0.15) is 45.7 Å². The molecule has 4 rings (SSSR count). The molecule has 1 aliphatic heterocycles. The minimum atomic E-state index is -0.129. The van der Waals surface area contributed by atoms with Crippen LogP contribution < -0.4 is 0 Å². The summed E-state index contributed by atoms with van der Waals surface area (Å²) in [6.45, 7) is 0.712. The van der Waals surface area contributed by atoms with E-state index in [9.17, 15) is 4.79 Å². The Kier molecular flexibility index (Phi) is 4.55. The number of benzene rings is 1. The third-order valence-electron chi connectivity index (χ3n) is 4.35. The number of carbonyl (C=O) groups excluding carboxylic acids is 1. The SMILES string of the molecule is O=C(c1cc(Cc2ccccc2Cl)no1)N1CCCC1c1nccs1. The Bertz CT molecular complexity index is 878. The number of nitrogens with zero attached hydrogens (tertiary/aromatic N) is 3. The fourth-order valence-corrected chi connectivity index (χ4v) is 4.13. The fraction of sp³-hybridized carbons (Fsp3) is 0.278. The number of hydrogen-bond acceptors (Lipinski definition) is 5. The van der Waals surface area contributed by atoms with Crippen molar-refractivity contribution in [2.45, 2.75) is 25.3 Å². The molecule has 3 heterocycles. The predicted octanol–water partition coefficient (Wildman–Crippen LogP) is 4.35. The number of amides is 1. The summed E-state index contributed by atoms with van der Waals surface area (Å²) in [5.74, 6) is 0.140. The molecule has 0 aliphatic carbocycles. The molecule has 3 aromatic rings. The van der Waals surface area contributed by atoms with Crippen molar-refractivity contribution >= 4 is 28.8 Å². The molecule has 0 spiro atoms. The van der Waals surface area contributed by atoms with Gasteiger partial charge in [0.25, 0.3) is 5.91 Å². The van der Waals surface area contributed by atoms with E-state index in [1.54, 1.807) is 23.6 Å². The Balaban J connectivity index is 1.51. The highest BCUT2D eigenvalue weighted by atomic mass is 35.5. The van der Waals surface area contributed by atoms with Gasteiger partial charge in [0.1, 0.15) is 5.01 Å². The van der Waals surface area contributed by atoms with Crippen LogP contribution in [0.25, 0.3) is 0 Å². The zero-order valence-corrected chi connectivity index (χ0v) is 15.0. The van der Waals surface area contributed by atoms with Crippen LogP contribution in [0, 0.1) is 0 Å². The van der Waals surface area contributed by atoms with Gasteiger partial charge in [0.2, 0.25) is 5.76 Å². The van der Waals surface area contributed by atoms with Crippen molar-refractivity contribution in [2.75, 3.05) is 6.54 Å². The van der Waals surface area contributed by atoms with E-state index in [4.69, 9.17) is 16.1 Å². The first-order valence-corrected chi connectivity index (χ1v) is 9.37. The van der Waals surface area contributed by atoms with Gasteiger partial charge in [-0.15, -0.1) is 11.3 Å². The van der Waals surface area contributed by atoms with E-state index in [1.807, 2.05) is 34.5 Å². The number of thiazole rings is 1. The van der Waals surface area contributed by atoms with Crippen LogP contribution in [0.2, 0.25) is 5.02 Å². The molecule has 1 aromatic carbocycles. The Hall–Kier alpha value is -2.18. The summed E-state index contributed by atoms with van der Waals surface area (Å²) in [6.07, 6.45) is 4.21. The van der Waals surface area contributed by atoms with Crippen LogP contribution in [0.4, 0.5) is 0 Å². The molecule has 0 saturated carbocycles. The average molecular weight is 374 g/mol. The maximum absolute atomic E-state index is 12.8. The standard InChI is InChI=1S/C18H16ClN3O2S/c19-14-5-2-1-4-12(14)10-13-11-16(24-21-13)18(23)22-8-3-6-15(22)17-20-7-9-25-17/h1-2,4-5,7,9,11,15H,3,6,8,10H2. The molecule has 5 nitrogen and oxygen atoms in total. The van der Waals surface area contributed by atoms with Crippen LogP contribution in [0.3, 0.4) is 0 Å². The molecule has 25 heavy (non-hydrogen) atoms. The molecule has 0 bridgehead atoms. The zero-order valence-electron chi connectivity index (χ0n) is 13.4. The molecule has 0 radical (unpaired) electrons. The van der Waals surface area contributed by atoms with Crippen molar-refractivity contribution in [1.82, 2.24) is 15.0 Å². The van der Waals surface area contributed by atoms with Gasteiger partial charge in [0.05, 0.1) is 11.7 Å². The molecule has 128 valence electrons. The van der Waals surface area contributed by atoms with E-state index in [2.05, 4.69) is 10.1 Å². The van der Waals surface area contributed by atoms with Crippen molar-refractivity contribution < 1.29 is 9.32 Å². The molecule has 2 aromatic heterocycles. The topological polar surface area (TPSA) is 59.2 Å². The lowest BCUT2D eigenvalue weighted by Gasteiger charge is -2.21. The van der Waals surface area contributed by atoms with Crippen LogP contribution >= 0.6 is 22.9 Å². The molecular formula is C18H16ClN3O2S. The summed E-state index contributed by atoms with van der Waals surface area (Å²) in [5.41, 5.74) is 1.65. The summed E-state index contributed by atoms with van der Waals surface area (Å²) in [4.78, 5) is 19.0. The Morgan fingerprint density at radius 1 is 1.40 bits per heavy atom. The van der Waals surface area contributed by atoms with Crippen molar-refractivity contribution in [3.05, 3.63) is 69.0 Å². The summed E-state index contributed by atoms with van der Waals surface area (Å²) >= 11 is 7.76. The van der Waals surface area contributed by atoms with Gasteiger partial charge in [-0.2, -0.15) is 0 Å². The molecule has 7 heteroatoms. The van der Waals surface area contributed by atoms with E-state index in [0.29, 0.717) is 23.7 Å². The number of hydrogen-bond donors (Lipinski definition) is 0. The van der Waals surface area contributed by atoms with E-state index in [0.717, 1.165) is 23.4 Å². The summed E-state index contributed by atoms with van der Waals surface area (Å²) < 4.78 is 5.32. The van der Waals surface area contributed by atoms with Crippen molar-refractivity contribution in [1.29, 1.82) is 0 Å². The monoisotopic (exact) mass is 373 g/mol. The number of rotatable bonds is 4. The first-order valence-electron chi connectivity index (χ1n) is 8.12. The quantitative estimate of drug-likeness (QED) is 0.682. The largest absolute Gasteiger partial charge is 0.351 e. The van der Waals surface area contributed by atoms with Gasteiger partial charge in [-0.05, 0) is 24.5 Å². The van der Waals surface area contributed by atoms with E-state index < -0.39 is 0 Å². The molecule has 1 atom stereocenters. The van der Waals surface area contributed by atoms with Gasteiger partial charge < -0.3 is 9.42 Å². The Morgan fingerprint density at radius 2 is 2.28 bits per heavy atom. The van der Waals surface area contributed by atoms with E-state index in [1.165, 1.54) is 0 Å². The minimum absolute atomic E-state index is 0.0321.